The summed E-state index contributed by atoms with van der Waals surface area (Å²) in [5.41, 5.74) is 0. The van der Waals surface area contributed by atoms with E-state index in [1.54, 1.807) is 6.92 Å². The fraction of sp³-hybridized carbons (Fsp3) is 0.875. The van der Waals surface area contributed by atoms with Crippen LogP contribution in [-0.2, 0) is 9.53 Å². The van der Waals surface area contributed by atoms with Crippen molar-refractivity contribution in [2.75, 3.05) is 0 Å². The van der Waals surface area contributed by atoms with Gasteiger partial charge in [0.1, 0.15) is 24.4 Å². The number of rotatable bonds is 2. The van der Waals surface area contributed by atoms with E-state index >= 15 is 0 Å². The molecule has 13 heavy (non-hydrogen) atoms. The first-order valence-corrected chi connectivity index (χ1v) is 4.26. The summed E-state index contributed by atoms with van der Waals surface area (Å²) in [6, 6.07) is 0. The second-order valence-corrected chi connectivity index (χ2v) is 3.16. The number of carbonyl (C=O) groups excluding carboxylic acids is 1. The van der Waals surface area contributed by atoms with Gasteiger partial charge in [0.25, 0.3) is 0 Å². The molecule has 1 rings (SSSR count). The Bertz CT molecular complexity index is 181. The first kappa shape index (κ1) is 10.6. The number of hydrogen-bond acceptors (Lipinski definition) is 5. The zero-order valence-corrected chi connectivity index (χ0v) is 7.33. The second-order valence-electron chi connectivity index (χ2n) is 3.16. The molecule has 76 valence electrons. The van der Waals surface area contributed by atoms with E-state index in [-0.39, 0.29) is 0 Å². The summed E-state index contributed by atoms with van der Waals surface area (Å²) in [6.07, 6.45) is -4.49. The highest BCUT2D eigenvalue weighted by molar-refractivity contribution is 5.57. The fourth-order valence-corrected chi connectivity index (χ4v) is 1.43. The van der Waals surface area contributed by atoms with Crippen molar-refractivity contribution in [1.29, 1.82) is 0 Å². The lowest BCUT2D eigenvalue weighted by Crippen LogP contribution is -2.57. The van der Waals surface area contributed by atoms with Gasteiger partial charge in [-0.25, -0.2) is 0 Å². The lowest BCUT2D eigenvalue weighted by Gasteiger charge is -2.38. The Hall–Kier alpha value is -0.490. The molecule has 0 aromatic heterocycles. The van der Waals surface area contributed by atoms with Crippen LogP contribution >= 0.6 is 0 Å². The third-order valence-corrected chi connectivity index (χ3v) is 2.29. The largest absolute Gasteiger partial charge is 0.388 e. The van der Waals surface area contributed by atoms with E-state index in [4.69, 9.17) is 4.74 Å². The van der Waals surface area contributed by atoms with Crippen LogP contribution in [0.4, 0.5) is 0 Å². The van der Waals surface area contributed by atoms with Crippen molar-refractivity contribution < 1.29 is 24.9 Å². The average molecular weight is 190 g/mol. The van der Waals surface area contributed by atoms with Gasteiger partial charge in [0.2, 0.25) is 0 Å². The Kier molecular flexibility index (Phi) is 3.38. The third kappa shape index (κ3) is 1.88. The number of aldehydes is 1. The number of aliphatic hydroxyl groups is 3. The predicted molar refractivity (Wildman–Crippen MR) is 43.0 cm³/mol. The molecule has 1 aliphatic heterocycles. The van der Waals surface area contributed by atoms with Crippen molar-refractivity contribution in [3.63, 3.8) is 0 Å². The van der Waals surface area contributed by atoms with Gasteiger partial charge < -0.3 is 24.9 Å². The summed E-state index contributed by atoms with van der Waals surface area (Å²) in [4.78, 5) is 10.4. The Morgan fingerprint density at radius 3 is 2.31 bits per heavy atom. The Labute approximate surface area is 75.9 Å². The summed E-state index contributed by atoms with van der Waals surface area (Å²) in [7, 11) is 0. The predicted octanol–water partition coefficient (Wildman–Crippen LogP) is -1.55. The van der Waals surface area contributed by atoms with Crippen LogP contribution in [0.3, 0.4) is 0 Å². The summed E-state index contributed by atoms with van der Waals surface area (Å²) in [5, 5.41) is 27.9. The molecule has 1 aliphatic rings. The van der Waals surface area contributed by atoms with Gasteiger partial charge in [0, 0.05) is 0 Å². The molecule has 5 atom stereocenters. The first-order chi connectivity index (χ1) is 6.11. The smallest absolute Gasteiger partial charge is 0.151 e. The van der Waals surface area contributed by atoms with Gasteiger partial charge in [-0.3, -0.25) is 0 Å². The first-order valence-electron chi connectivity index (χ1n) is 4.26. The average Bonchev–Trinajstić information content (AvgIpc) is 2.15. The third-order valence-electron chi connectivity index (χ3n) is 2.29. The molecule has 0 aromatic carbocycles. The molecular formula is C8H14O5. The molecular weight excluding hydrogens is 176 g/mol. The van der Waals surface area contributed by atoms with Gasteiger partial charge >= 0.3 is 0 Å². The van der Waals surface area contributed by atoms with Gasteiger partial charge in [-0.1, -0.05) is 6.92 Å². The number of carbonyl (C=O) groups is 1. The van der Waals surface area contributed by atoms with Crippen molar-refractivity contribution in [2.24, 2.45) is 0 Å². The monoisotopic (exact) mass is 190 g/mol. The van der Waals surface area contributed by atoms with Crippen molar-refractivity contribution in [3.8, 4) is 0 Å². The van der Waals surface area contributed by atoms with E-state index in [0.29, 0.717) is 12.7 Å². The van der Waals surface area contributed by atoms with Crippen LogP contribution in [0.15, 0.2) is 0 Å². The normalized spacial score (nSPS) is 46.0. The summed E-state index contributed by atoms with van der Waals surface area (Å²) < 4.78 is 5.05. The molecule has 0 aliphatic carbocycles. The van der Waals surface area contributed by atoms with Crippen LogP contribution in [-0.4, -0.2) is 52.1 Å². The maximum absolute atomic E-state index is 10.4. The van der Waals surface area contributed by atoms with Gasteiger partial charge in [-0.15, -0.1) is 0 Å². The molecule has 0 bridgehead atoms. The molecule has 5 nitrogen and oxygen atoms in total. The molecule has 5 heteroatoms. The molecule has 3 N–H and O–H groups in total. The highest BCUT2D eigenvalue weighted by Crippen LogP contribution is 2.21. The highest BCUT2D eigenvalue weighted by atomic mass is 16.5. The van der Waals surface area contributed by atoms with E-state index in [1.165, 1.54) is 0 Å². The van der Waals surface area contributed by atoms with Crippen LogP contribution in [0.25, 0.3) is 0 Å². The number of hydrogen-bond donors (Lipinski definition) is 3. The van der Waals surface area contributed by atoms with Gasteiger partial charge in [0.05, 0.1) is 6.10 Å². The Morgan fingerprint density at radius 2 is 1.85 bits per heavy atom. The minimum absolute atomic E-state index is 0.433. The van der Waals surface area contributed by atoms with Crippen molar-refractivity contribution in [2.45, 2.75) is 43.9 Å². The summed E-state index contributed by atoms with van der Waals surface area (Å²) >= 11 is 0. The van der Waals surface area contributed by atoms with Crippen molar-refractivity contribution in [3.05, 3.63) is 0 Å². The van der Waals surface area contributed by atoms with Gasteiger partial charge in [-0.05, 0) is 6.42 Å². The molecule has 1 saturated heterocycles. The van der Waals surface area contributed by atoms with Crippen LogP contribution in [0.5, 0.6) is 0 Å². The zero-order valence-electron chi connectivity index (χ0n) is 7.33. The quantitative estimate of drug-likeness (QED) is 0.459. The molecule has 2 unspecified atom stereocenters. The Morgan fingerprint density at radius 1 is 1.23 bits per heavy atom. The fourth-order valence-electron chi connectivity index (χ4n) is 1.43. The van der Waals surface area contributed by atoms with Crippen LogP contribution in [0.1, 0.15) is 13.3 Å². The molecule has 0 saturated carbocycles. The van der Waals surface area contributed by atoms with Crippen LogP contribution < -0.4 is 0 Å². The molecule has 1 heterocycles. The van der Waals surface area contributed by atoms with Crippen LogP contribution in [0, 0.1) is 0 Å². The SMILES string of the molecule is CCC1O[C@H](C=O)C(O)[C@@H](O)[C@@H]1O. The minimum atomic E-state index is -1.34. The topological polar surface area (TPSA) is 87.0 Å². The minimum Gasteiger partial charge on any atom is -0.388 e. The summed E-state index contributed by atoms with van der Waals surface area (Å²) in [6.45, 7) is 1.76. The standard InChI is InChI=1S/C8H14O5/c1-2-4-6(10)8(12)7(11)5(3-9)13-4/h3-8,10-12H,2H2,1H3/t4?,5-,6-,7?,8+/m1/s1. The number of ether oxygens (including phenoxy) is 1. The molecule has 0 amide bonds. The number of aliphatic hydroxyl groups excluding tert-OH is 3. The lowest BCUT2D eigenvalue weighted by molar-refractivity contribution is -0.215. The lowest BCUT2D eigenvalue weighted by atomic mass is 9.94. The van der Waals surface area contributed by atoms with Crippen molar-refractivity contribution in [1.82, 2.24) is 0 Å². The van der Waals surface area contributed by atoms with Crippen molar-refractivity contribution >= 4 is 6.29 Å². The molecule has 0 spiro atoms. The zero-order chi connectivity index (χ0) is 10.0. The van der Waals surface area contributed by atoms with E-state index in [2.05, 4.69) is 0 Å². The van der Waals surface area contributed by atoms with E-state index in [1.807, 2.05) is 0 Å². The molecule has 1 fully saturated rings. The Balaban J connectivity index is 2.71. The van der Waals surface area contributed by atoms with Gasteiger partial charge in [-0.2, -0.15) is 0 Å². The maximum atomic E-state index is 10.4. The molecule has 0 aromatic rings. The summed E-state index contributed by atoms with van der Waals surface area (Å²) in [5.74, 6) is 0. The van der Waals surface area contributed by atoms with E-state index < -0.39 is 30.5 Å². The maximum Gasteiger partial charge on any atom is 0.151 e. The van der Waals surface area contributed by atoms with Gasteiger partial charge in [0.15, 0.2) is 6.29 Å². The van der Waals surface area contributed by atoms with E-state index in [0.717, 1.165) is 0 Å². The van der Waals surface area contributed by atoms with Crippen LogP contribution in [0.2, 0.25) is 0 Å². The highest BCUT2D eigenvalue weighted by Gasteiger charge is 2.42. The second kappa shape index (κ2) is 4.15. The molecule has 0 radical (unpaired) electrons. The van der Waals surface area contributed by atoms with E-state index in [9.17, 15) is 20.1 Å².